The minimum Gasteiger partial charge on any atom is -0.465 e. The number of ether oxygens (including phenoxy) is 1. The van der Waals surface area contributed by atoms with E-state index in [1.165, 1.54) is 35.3 Å². The number of carbonyl (C=O) groups excluding carboxylic acids is 1. The maximum Gasteiger partial charge on any atom is 0.319 e. The fourth-order valence-corrected chi connectivity index (χ4v) is 3.06. The number of esters is 1. The van der Waals surface area contributed by atoms with Crippen molar-refractivity contribution in [2.24, 2.45) is 0 Å². The summed E-state index contributed by atoms with van der Waals surface area (Å²) in [5.41, 5.74) is 2.92. The highest BCUT2D eigenvalue weighted by Gasteiger charge is 2.17. The maximum atomic E-state index is 11.5. The maximum absolute atomic E-state index is 11.5. The van der Waals surface area contributed by atoms with Gasteiger partial charge in [0.1, 0.15) is 5.25 Å². The summed E-state index contributed by atoms with van der Waals surface area (Å²) in [6, 6.07) is 6.54. The highest BCUT2D eigenvalue weighted by Crippen LogP contribution is 2.30. The zero-order valence-corrected chi connectivity index (χ0v) is 11.2. The van der Waals surface area contributed by atoms with Crippen molar-refractivity contribution in [1.82, 2.24) is 0 Å². The largest absolute Gasteiger partial charge is 0.465 e. The Morgan fingerprint density at radius 2 is 2.18 bits per heavy atom. The van der Waals surface area contributed by atoms with Crippen molar-refractivity contribution < 1.29 is 9.53 Å². The third kappa shape index (κ3) is 3.03. The van der Waals surface area contributed by atoms with Gasteiger partial charge < -0.3 is 4.74 Å². The molecule has 1 aromatic carbocycles. The zero-order valence-electron chi connectivity index (χ0n) is 10.4. The van der Waals surface area contributed by atoms with Gasteiger partial charge in [0.25, 0.3) is 0 Å². The van der Waals surface area contributed by atoms with E-state index in [0.717, 1.165) is 0 Å². The van der Waals surface area contributed by atoms with Gasteiger partial charge in [-0.25, -0.2) is 0 Å². The Bertz CT molecular complexity index is 415. The third-order valence-electron chi connectivity index (χ3n) is 3.00. The lowest BCUT2D eigenvalue weighted by molar-refractivity contribution is -0.142. The number of fused-ring (bicyclic) bond motifs is 1. The number of hydrogen-bond donors (Lipinski definition) is 0. The predicted octanol–water partition coefficient (Wildman–Crippen LogP) is 3.22. The lowest BCUT2D eigenvalue weighted by atomic mass is 10.1. The molecule has 0 fully saturated rings. The van der Waals surface area contributed by atoms with Gasteiger partial charge in [-0.05, 0) is 56.4 Å². The lowest BCUT2D eigenvalue weighted by Gasteiger charge is -2.11. The van der Waals surface area contributed by atoms with Gasteiger partial charge in [0.05, 0.1) is 6.61 Å². The molecule has 1 aromatic rings. The molecule has 0 heterocycles. The Kier molecular flexibility index (Phi) is 4.11. The molecule has 0 amide bonds. The van der Waals surface area contributed by atoms with Gasteiger partial charge in [0, 0.05) is 4.90 Å². The molecule has 92 valence electrons. The summed E-state index contributed by atoms with van der Waals surface area (Å²) in [6.45, 7) is 4.19. The second-order valence-corrected chi connectivity index (χ2v) is 5.71. The standard InChI is InChI=1S/C14H18O2S/c1-3-16-14(15)10(2)17-13-8-7-11-5-4-6-12(11)9-13/h7-10H,3-6H2,1-2H3. The van der Waals surface area contributed by atoms with E-state index in [2.05, 4.69) is 18.2 Å². The van der Waals surface area contributed by atoms with Gasteiger partial charge in [-0.15, -0.1) is 11.8 Å². The molecule has 3 heteroatoms. The number of thioether (sulfide) groups is 1. The van der Waals surface area contributed by atoms with Gasteiger partial charge in [-0.3, -0.25) is 4.79 Å². The fourth-order valence-electron chi connectivity index (χ4n) is 2.13. The van der Waals surface area contributed by atoms with Gasteiger partial charge in [-0.1, -0.05) is 6.07 Å². The number of rotatable bonds is 4. The number of benzene rings is 1. The van der Waals surface area contributed by atoms with E-state index < -0.39 is 0 Å². The van der Waals surface area contributed by atoms with Crippen LogP contribution in [0.2, 0.25) is 0 Å². The van der Waals surface area contributed by atoms with E-state index in [1.807, 2.05) is 13.8 Å². The van der Waals surface area contributed by atoms with Crippen LogP contribution in [-0.4, -0.2) is 17.8 Å². The van der Waals surface area contributed by atoms with E-state index in [1.54, 1.807) is 11.8 Å². The Morgan fingerprint density at radius 1 is 1.41 bits per heavy atom. The molecule has 0 aliphatic heterocycles. The zero-order chi connectivity index (χ0) is 12.3. The van der Waals surface area contributed by atoms with E-state index in [4.69, 9.17) is 4.74 Å². The van der Waals surface area contributed by atoms with Crippen LogP contribution >= 0.6 is 11.8 Å². The van der Waals surface area contributed by atoms with Crippen molar-refractivity contribution in [3.8, 4) is 0 Å². The summed E-state index contributed by atoms with van der Waals surface area (Å²) in [5, 5.41) is -0.130. The van der Waals surface area contributed by atoms with Crippen molar-refractivity contribution in [3.63, 3.8) is 0 Å². The Morgan fingerprint density at radius 3 is 2.94 bits per heavy atom. The van der Waals surface area contributed by atoms with Crippen molar-refractivity contribution in [2.45, 2.75) is 43.3 Å². The topological polar surface area (TPSA) is 26.3 Å². The van der Waals surface area contributed by atoms with E-state index >= 15 is 0 Å². The first-order chi connectivity index (χ1) is 8.20. The molecule has 0 N–H and O–H groups in total. The average molecular weight is 250 g/mol. The molecule has 0 radical (unpaired) electrons. The van der Waals surface area contributed by atoms with Crippen LogP contribution in [0, 0.1) is 0 Å². The molecule has 17 heavy (non-hydrogen) atoms. The normalized spacial score (nSPS) is 15.4. The lowest BCUT2D eigenvalue weighted by Crippen LogP contribution is -2.16. The summed E-state index contributed by atoms with van der Waals surface area (Å²) in [6.07, 6.45) is 3.64. The molecular formula is C14H18O2S. The van der Waals surface area contributed by atoms with Gasteiger partial charge >= 0.3 is 5.97 Å². The molecule has 2 rings (SSSR count). The first-order valence-corrected chi connectivity index (χ1v) is 7.03. The summed E-state index contributed by atoms with van der Waals surface area (Å²) in [4.78, 5) is 12.7. The van der Waals surface area contributed by atoms with Crippen LogP contribution in [0.25, 0.3) is 0 Å². The average Bonchev–Trinajstić information content (AvgIpc) is 2.76. The van der Waals surface area contributed by atoms with Crippen LogP contribution in [0.4, 0.5) is 0 Å². The quantitative estimate of drug-likeness (QED) is 0.606. The number of hydrogen-bond acceptors (Lipinski definition) is 3. The smallest absolute Gasteiger partial charge is 0.319 e. The van der Waals surface area contributed by atoms with E-state index in [-0.39, 0.29) is 11.2 Å². The van der Waals surface area contributed by atoms with Crippen LogP contribution in [0.1, 0.15) is 31.4 Å². The van der Waals surface area contributed by atoms with Crippen molar-refractivity contribution in [3.05, 3.63) is 29.3 Å². The highest BCUT2D eigenvalue weighted by atomic mass is 32.2. The summed E-state index contributed by atoms with van der Waals surface area (Å²) in [5.74, 6) is -0.127. The number of carbonyl (C=O) groups is 1. The van der Waals surface area contributed by atoms with Crippen molar-refractivity contribution in [2.75, 3.05) is 6.61 Å². The molecule has 0 saturated heterocycles. The Balaban J connectivity index is 2.01. The molecule has 1 aliphatic rings. The molecule has 1 aliphatic carbocycles. The molecule has 0 bridgehead atoms. The van der Waals surface area contributed by atoms with Crippen LogP contribution in [0.3, 0.4) is 0 Å². The minimum atomic E-state index is -0.130. The third-order valence-corrected chi connectivity index (χ3v) is 4.07. The van der Waals surface area contributed by atoms with Crippen molar-refractivity contribution in [1.29, 1.82) is 0 Å². The van der Waals surface area contributed by atoms with Gasteiger partial charge in [0.2, 0.25) is 0 Å². The van der Waals surface area contributed by atoms with Gasteiger partial charge in [-0.2, -0.15) is 0 Å². The van der Waals surface area contributed by atoms with E-state index in [9.17, 15) is 4.79 Å². The molecule has 0 spiro atoms. The van der Waals surface area contributed by atoms with Crippen LogP contribution < -0.4 is 0 Å². The van der Waals surface area contributed by atoms with E-state index in [0.29, 0.717) is 6.61 Å². The van der Waals surface area contributed by atoms with Crippen molar-refractivity contribution >= 4 is 17.7 Å². The second-order valence-electron chi connectivity index (χ2n) is 4.30. The second kappa shape index (κ2) is 5.58. The molecule has 1 unspecified atom stereocenters. The SMILES string of the molecule is CCOC(=O)C(C)Sc1ccc2c(c1)CCC2. The molecular weight excluding hydrogens is 232 g/mol. The molecule has 0 saturated carbocycles. The van der Waals surface area contributed by atoms with Crippen LogP contribution in [0.15, 0.2) is 23.1 Å². The summed E-state index contributed by atoms with van der Waals surface area (Å²) in [7, 11) is 0. The first kappa shape index (κ1) is 12.5. The first-order valence-electron chi connectivity index (χ1n) is 6.16. The Labute approximate surface area is 107 Å². The predicted molar refractivity (Wildman–Crippen MR) is 70.4 cm³/mol. The van der Waals surface area contributed by atoms with Crippen LogP contribution in [-0.2, 0) is 22.4 Å². The van der Waals surface area contributed by atoms with Gasteiger partial charge in [0.15, 0.2) is 0 Å². The molecule has 2 nitrogen and oxygen atoms in total. The monoisotopic (exact) mass is 250 g/mol. The highest BCUT2D eigenvalue weighted by molar-refractivity contribution is 8.00. The Hall–Kier alpha value is -0.960. The van der Waals surface area contributed by atoms with Crippen LogP contribution in [0.5, 0.6) is 0 Å². The summed E-state index contributed by atoms with van der Waals surface area (Å²) < 4.78 is 5.01. The minimum absolute atomic E-state index is 0.127. The number of aryl methyl sites for hydroxylation is 2. The summed E-state index contributed by atoms with van der Waals surface area (Å²) >= 11 is 1.58. The fraction of sp³-hybridized carbons (Fsp3) is 0.500. The molecule has 0 aromatic heterocycles. The molecule has 1 atom stereocenters.